The Morgan fingerprint density at radius 1 is 1.07 bits per heavy atom. The number of thioether (sulfide) groups is 1. The molecule has 0 aliphatic rings. The summed E-state index contributed by atoms with van der Waals surface area (Å²) in [7, 11) is 0. The van der Waals surface area contributed by atoms with E-state index in [9.17, 15) is 14.4 Å². The zero-order valence-electron chi connectivity index (χ0n) is 15.3. The predicted octanol–water partition coefficient (Wildman–Crippen LogP) is 3.95. The van der Waals surface area contributed by atoms with Crippen molar-refractivity contribution < 1.29 is 19.1 Å². The van der Waals surface area contributed by atoms with Crippen LogP contribution < -0.4 is 10.6 Å². The van der Waals surface area contributed by atoms with Gasteiger partial charge >= 0.3 is 12.0 Å². The number of rotatable bonds is 8. The molecule has 1 atom stereocenters. The van der Waals surface area contributed by atoms with Gasteiger partial charge in [0, 0.05) is 27.8 Å². The highest BCUT2D eigenvalue weighted by Crippen LogP contribution is 2.22. The van der Waals surface area contributed by atoms with Gasteiger partial charge in [0.05, 0.1) is 6.42 Å². The maximum absolute atomic E-state index is 12.4. The monoisotopic (exact) mass is 420 g/mol. The second-order valence-electron chi connectivity index (χ2n) is 5.68. The minimum Gasteiger partial charge on any atom is -0.447 e. The number of imide groups is 1. The topological polar surface area (TPSA) is 84.5 Å². The molecule has 8 heteroatoms. The fourth-order valence-electron chi connectivity index (χ4n) is 2.26. The van der Waals surface area contributed by atoms with Gasteiger partial charge in [-0.25, -0.2) is 4.79 Å². The molecule has 0 spiro atoms. The molecule has 3 amide bonds. The van der Waals surface area contributed by atoms with E-state index in [-0.39, 0.29) is 6.42 Å². The van der Waals surface area contributed by atoms with E-state index in [2.05, 4.69) is 10.6 Å². The van der Waals surface area contributed by atoms with Gasteiger partial charge in [-0.3, -0.25) is 14.9 Å². The normalized spacial score (nSPS) is 11.4. The van der Waals surface area contributed by atoms with Crippen molar-refractivity contribution in [2.75, 3.05) is 12.3 Å². The number of hydrogen-bond acceptors (Lipinski definition) is 5. The lowest BCUT2D eigenvalue weighted by molar-refractivity contribution is -0.155. The molecular weight excluding hydrogens is 400 g/mol. The number of benzene rings is 2. The smallest absolute Gasteiger partial charge is 0.321 e. The standard InChI is InChI=1S/C20H21ClN2O4S/c1-2-22-20(26)23-19(25)18(14-6-4-3-5-7-14)27-17(24)12-13-28-16-10-8-15(21)9-11-16/h3-11,18H,2,12-13H2,1H3,(H2,22,23,25,26)/t18-/m1/s1. The number of nitrogens with one attached hydrogen (secondary N) is 2. The predicted molar refractivity (Wildman–Crippen MR) is 109 cm³/mol. The summed E-state index contributed by atoms with van der Waals surface area (Å²) < 4.78 is 5.37. The first-order valence-corrected chi connectivity index (χ1v) is 10.1. The molecule has 0 aliphatic heterocycles. The van der Waals surface area contributed by atoms with Gasteiger partial charge in [0.25, 0.3) is 5.91 Å². The summed E-state index contributed by atoms with van der Waals surface area (Å²) in [5, 5.41) is 5.30. The van der Waals surface area contributed by atoms with Crippen molar-refractivity contribution in [2.24, 2.45) is 0 Å². The first kappa shape index (κ1) is 21.8. The third-order valence-electron chi connectivity index (χ3n) is 3.55. The molecule has 28 heavy (non-hydrogen) atoms. The van der Waals surface area contributed by atoms with Gasteiger partial charge in [-0.1, -0.05) is 41.9 Å². The average Bonchev–Trinajstić information content (AvgIpc) is 2.68. The number of carbonyl (C=O) groups excluding carboxylic acids is 3. The van der Waals surface area contributed by atoms with Crippen LogP contribution in [-0.2, 0) is 14.3 Å². The van der Waals surface area contributed by atoms with Crippen molar-refractivity contribution in [1.29, 1.82) is 0 Å². The molecule has 0 radical (unpaired) electrons. The Morgan fingerprint density at radius 2 is 1.75 bits per heavy atom. The molecule has 2 N–H and O–H groups in total. The maximum atomic E-state index is 12.4. The Kier molecular flexibility index (Phi) is 8.84. The summed E-state index contributed by atoms with van der Waals surface area (Å²) in [5.74, 6) is -0.739. The molecule has 2 rings (SSSR count). The van der Waals surface area contributed by atoms with Crippen LogP contribution in [-0.4, -0.2) is 30.2 Å². The molecule has 2 aromatic rings. The lowest BCUT2D eigenvalue weighted by atomic mass is 10.1. The summed E-state index contributed by atoms with van der Waals surface area (Å²) in [6.45, 7) is 2.11. The summed E-state index contributed by atoms with van der Waals surface area (Å²) in [5.41, 5.74) is 0.489. The second-order valence-corrected chi connectivity index (χ2v) is 7.29. The highest BCUT2D eigenvalue weighted by atomic mass is 35.5. The molecule has 0 unspecified atom stereocenters. The quantitative estimate of drug-likeness (QED) is 0.499. The number of ether oxygens (including phenoxy) is 1. The van der Waals surface area contributed by atoms with Crippen LogP contribution in [0.4, 0.5) is 4.79 Å². The average molecular weight is 421 g/mol. The van der Waals surface area contributed by atoms with E-state index in [0.717, 1.165) is 4.90 Å². The second kappa shape index (κ2) is 11.4. The molecule has 0 bridgehead atoms. The molecule has 0 fully saturated rings. The number of urea groups is 1. The highest BCUT2D eigenvalue weighted by molar-refractivity contribution is 7.99. The first-order valence-electron chi connectivity index (χ1n) is 8.71. The summed E-state index contributed by atoms with van der Waals surface area (Å²) in [6.07, 6.45) is -1.08. The lowest BCUT2D eigenvalue weighted by Crippen LogP contribution is -2.42. The van der Waals surface area contributed by atoms with Crippen molar-refractivity contribution in [3.05, 3.63) is 65.2 Å². The third kappa shape index (κ3) is 7.25. The summed E-state index contributed by atoms with van der Waals surface area (Å²) in [6, 6.07) is 15.2. The summed E-state index contributed by atoms with van der Waals surface area (Å²) in [4.78, 5) is 37.3. The fraction of sp³-hybridized carbons (Fsp3) is 0.250. The van der Waals surface area contributed by atoms with E-state index in [1.54, 1.807) is 49.4 Å². The van der Waals surface area contributed by atoms with E-state index in [1.807, 2.05) is 12.1 Å². The van der Waals surface area contributed by atoms with Crippen molar-refractivity contribution in [2.45, 2.75) is 24.3 Å². The van der Waals surface area contributed by atoms with Crippen molar-refractivity contribution in [3.63, 3.8) is 0 Å². The van der Waals surface area contributed by atoms with E-state index in [4.69, 9.17) is 16.3 Å². The first-order chi connectivity index (χ1) is 13.5. The summed E-state index contributed by atoms with van der Waals surface area (Å²) >= 11 is 7.33. The third-order valence-corrected chi connectivity index (χ3v) is 4.82. The van der Waals surface area contributed by atoms with Gasteiger partial charge in [-0.15, -0.1) is 11.8 Å². The zero-order valence-corrected chi connectivity index (χ0v) is 16.9. The van der Waals surface area contributed by atoms with Gasteiger partial charge in [-0.05, 0) is 31.2 Å². The van der Waals surface area contributed by atoms with Crippen LogP contribution in [0.2, 0.25) is 5.02 Å². The molecule has 148 valence electrons. The molecule has 0 saturated heterocycles. The number of amides is 3. The van der Waals surface area contributed by atoms with Crippen LogP contribution in [0.1, 0.15) is 25.0 Å². The largest absolute Gasteiger partial charge is 0.447 e. The molecule has 0 aliphatic carbocycles. The Morgan fingerprint density at radius 3 is 2.39 bits per heavy atom. The molecule has 6 nitrogen and oxygen atoms in total. The van der Waals surface area contributed by atoms with Gasteiger partial charge in [-0.2, -0.15) is 0 Å². The molecule has 0 heterocycles. The van der Waals surface area contributed by atoms with Crippen molar-refractivity contribution in [3.8, 4) is 0 Å². The molecule has 0 saturated carbocycles. The minimum absolute atomic E-state index is 0.116. The van der Waals surface area contributed by atoms with Crippen LogP contribution in [0.15, 0.2) is 59.5 Å². The van der Waals surface area contributed by atoms with E-state index in [1.165, 1.54) is 11.8 Å². The van der Waals surface area contributed by atoms with Crippen LogP contribution in [0.3, 0.4) is 0 Å². The van der Waals surface area contributed by atoms with Crippen LogP contribution >= 0.6 is 23.4 Å². The SMILES string of the molecule is CCNC(=O)NC(=O)[C@H](OC(=O)CCSc1ccc(Cl)cc1)c1ccccc1. The van der Waals surface area contributed by atoms with Crippen LogP contribution in [0, 0.1) is 0 Å². The van der Waals surface area contributed by atoms with Crippen LogP contribution in [0.5, 0.6) is 0 Å². The minimum atomic E-state index is -1.20. The number of esters is 1. The molecule has 2 aromatic carbocycles. The van der Waals surface area contributed by atoms with E-state index >= 15 is 0 Å². The lowest BCUT2D eigenvalue weighted by Gasteiger charge is -2.17. The van der Waals surface area contributed by atoms with Crippen LogP contribution in [0.25, 0.3) is 0 Å². The Balaban J connectivity index is 1.95. The number of carbonyl (C=O) groups is 3. The number of hydrogen-bond donors (Lipinski definition) is 2. The van der Waals surface area contributed by atoms with E-state index in [0.29, 0.717) is 22.9 Å². The highest BCUT2D eigenvalue weighted by Gasteiger charge is 2.26. The fourth-order valence-corrected chi connectivity index (χ4v) is 3.22. The Labute approximate surface area is 173 Å². The van der Waals surface area contributed by atoms with Crippen molar-refractivity contribution >= 4 is 41.3 Å². The van der Waals surface area contributed by atoms with Crippen molar-refractivity contribution in [1.82, 2.24) is 10.6 Å². The van der Waals surface area contributed by atoms with Gasteiger partial charge in [0.2, 0.25) is 6.10 Å². The van der Waals surface area contributed by atoms with E-state index < -0.39 is 24.0 Å². The Bertz CT molecular complexity index is 800. The maximum Gasteiger partial charge on any atom is 0.321 e. The van der Waals surface area contributed by atoms with Gasteiger partial charge in [0.1, 0.15) is 0 Å². The Hall–Kier alpha value is -2.51. The molecular formula is C20H21ClN2O4S. The molecule has 0 aromatic heterocycles. The number of halogens is 1. The van der Waals surface area contributed by atoms with Gasteiger partial charge < -0.3 is 10.1 Å². The van der Waals surface area contributed by atoms with Gasteiger partial charge in [0.15, 0.2) is 0 Å². The zero-order chi connectivity index (χ0) is 20.4.